The van der Waals surface area contributed by atoms with E-state index in [0.29, 0.717) is 30.6 Å². The molecule has 0 fully saturated rings. The molecular formula is C25H27NO6. The molecule has 1 heterocycles. The first-order valence-electron chi connectivity index (χ1n) is 10.7. The number of hydrogen-bond acceptors (Lipinski definition) is 6. The summed E-state index contributed by atoms with van der Waals surface area (Å²) < 4.78 is 16.1. The van der Waals surface area contributed by atoms with Crippen LogP contribution < -0.4 is 15.7 Å². The van der Waals surface area contributed by atoms with Crippen LogP contribution in [0.25, 0.3) is 11.0 Å². The van der Waals surface area contributed by atoms with Crippen molar-refractivity contribution in [3.05, 3.63) is 75.6 Å². The number of carbonyl (C=O) groups excluding carboxylic acids is 2. The third-order valence-electron chi connectivity index (χ3n) is 5.09. The minimum Gasteiger partial charge on any atom is -0.445 e. The topological polar surface area (TPSA) is 94.8 Å². The first kappa shape index (κ1) is 23.1. The van der Waals surface area contributed by atoms with Crippen molar-refractivity contribution in [3.8, 4) is 5.75 Å². The Bertz CT molecular complexity index is 1150. The molecule has 0 aliphatic carbocycles. The lowest BCUT2D eigenvalue weighted by Crippen LogP contribution is -2.43. The van der Waals surface area contributed by atoms with Crippen LogP contribution in [0.2, 0.25) is 0 Å². The van der Waals surface area contributed by atoms with Gasteiger partial charge >= 0.3 is 17.7 Å². The van der Waals surface area contributed by atoms with Crippen molar-refractivity contribution in [2.45, 2.75) is 52.7 Å². The molecule has 0 bridgehead atoms. The zero-order chi connectivity index (χ0) is 23.1. The summed E-state index contributed by atoms with van der Waals surface area (Å²) in [5.41, 5.74) is 2.30. The number of carbonyl (C=O) groups is 2. The Balaban J connectivity index is 1.74. The highest BCUT2D eigenvalue weighted by atomic mass is 16.6. The van der Waals surface area contributed by atoms with Crippen LogP contribution in [0.4, 0.5) is 4.79 Å². The molecule has 1 unspecified atom stereocenters. The van der Waals surface area contributed by atoms with E-state index in [-0.39, 0.29) is 6.61 Å². The van der Waals surface area contributed by atoms with Gasteiger partial charge in [-0.15, -0.1) is 0 Å². The summed E-state index contributed by atoms with van der Waals surface area (Å²) in [7, 11) is 0. The number of esters is 1. The Morgan fingerprint density at radius 1 is 1.09 bits per heavy atom. The maximum Gasteiger partial charge on any atom is 0.408 e. The Labute approximate surface area is 186 Å². The van der Waals surface area contributed by atoms with Crippen LogP contribution in [0.15, 0.2) is 57.7 Å². The minimum atomic E-state index is -0.867. The highest BCUT2D eigenvalue weighted by Gasteiger charge is 2.24. The monoisotopic (exact) mass is 437 g/mol. The van der Waals surface area contributed by atoms with E-state index in [1.807, 2.05) is 57.2 Å². The second-order valence-corrected chi connectivity index (χ2v) is 7.53. The SMILES string of the molecule is CCCC(NC(=O)OCc1ccccc1)C(=O)Oc1cc2oc(=O)cc(C)c2cc1CC. The number of alkyl carbamates (subject to hydrolysis) is 1. The lowest BCUT2D eigenvalue weighted by molar-refractivity contribution is -0.136. The number of benzene rings is 2. The van der Waals surface area contributed by atoms with Gasteiger partial charge in [0, 0.05) is 17.5 Å². The highest BCUT2D eigenvalue weighted by molar-refractivity contribution is 5.86. The van der Waals surface area contributed by atoms with Gasteiger partial charge < -0.3 is 19.2 Å². The third kappa shape index (κ3) is 5.75. The summed E-state index contributed by atoms with van der Waals surface area (Å²) in [5, 5.41) is 3.38. The number of hydrogen-bond donors (Lipinski definition) is 1. The molecule has 0 saturated heterocycles. The third-order valence-corrected chi connectivity index (χ3v) is 5.09. The number of rotatable bonds is 8. The van der Waals surface area contributed by atoms with Crippen LogP contribution in [0.1, 0.15) is 43.4 Å². The summed E-state index contributed by atoms with van der Waals surface area (Å²) >= 11 is 0. The van der Waals surface area contributed by atoms with Gasteiger partial charge in [-0.3, -0.25) is 0 Å². The highest BCUT2D eigenvalue weighted by Crippen LogP contribution is 2.28. The van der Waals surface area contributed by atoms with E-state index in [2.05, 4.69) is 5.32 Å². The number of aryl methyl sites for hydroxylation is 2. The van der Waals surface area contributed by atoms with Crippen molar-refractivity contribution in [1.82, 2.24) is 5.32 Å². The summed E-state index contributed by atoms with van der Waals surface area (Å²) in [6.45, 7) is 5.77. The summed E-state index contributed by atoms with van der Waals surface area (Å²) in [4.78, 5) is 36.8. The van der Waals surface area contributed by atoms with E-state index in [1.165, 1.54) is 6.07 Å². The molecule has 0 aliphatic heterocycles. The Morgan fingerprint density at radius 3 is 2.53 bits per heavy atom. The Morgan fingerprint density at radius 2 is 1.84 bits per heavy atom. The van der Waals surface area contributed by atoms with Crippen molar-refractivity contribution < 1.29 is 23.5 Å². The van der Waals surface area contributed by atoms with Gasteiger partial charge in [0.25, 0.3) is 0 Å². The lowest BCUT2D eigenvalue weighted by atomic mass is 10.1. The summed E-state index contributed by atoms with van der Waals surface area (Å²) in [5.74, 6) is -0.299. The van der Waals surface area contributed by atoms with Crippen LogP contribution in [0, 0.1) is 6.92 Å². The average molecular weight is 437 g/mol. The second-order valence-electron chi connectivity index (χ2n) is 7.53. The molecule has 1 amide bonds. The van der Waals surface area contributed by atoms with Crippen LogP contribution >= 0.6 is 0 Å². The number of fused-ring (bicyclic) bond motifs is 1. The molecule has 1 aromatic heterocycles. The maximum absolute atomic E-state index is 12.9. The second kappa shape index (κ2) is 10.6. The Kier molecular flexibility index (Phi) is 7.65. The largest absolute Gasteiger partial charge is 0.445 e. The van der Waals surface area contributed by atoms with Gasteiger partial charge in [-0.1, -0.05) is 50.6 Å². The van der Waals surface area contributed by atoms with Gasteiger partial charge in [-0.2, -0.15) is 0 Å². The molecule has 7 heteroatoms. The molecule has 1 atom stereocenters. The molecule has 32 heavy (non-hydrogen) atoms. The zero-order valence-corrected chi connectivity index (χ0v) is 18.5. The van der Waals surface area contributed by atoms with Crippen molar-refractivity contribution in [1.29, 1.82) is 0 Å². The first-order chi connectivity index (χ1) is 15.4. The molecule has 168 valence electrons. The predicted octanol–water partition coefficient (Wildman–Crippen LogP) is 4.66. The van der Waals surface area contributed by atoms with Gasteiger partial charge in [0.2, 0.25) is 0 Å². The number of amides is 1. The molecular weight excluding hydrogens is 410 g/mol. The molecule has 3 aromatic rings. The standard InChI is InChI=1S/C25H27NO6/c1-4-9-20(26-25(29)30-15-17-10-7-6-8-11-17)24(28)32-21-14-22-19(13-18(21)5-2)16(3)12-23(27)31-22/h6-8,10-14,20H,4-5,9,15H2,1-3H3,(H,26,29). The molecule has 0 radical (unpaired) electrons. The van der Waals surface area contributed by atoms with Crippen molar-refractivity contribution in [2.24, 2.45) is 0 Å². The smallest absolute Gasteiger partial charge is 0.408 e. The molecule has 0 aliphatic rings. The molecule has 3 rings (SSSR count). The van der Waals surface area contributed by atoms with Crippen LogP contribution in [-0.2, 0) is 22.6 Å². The van der Waals surface area contributed by atoms with E-state index in [9.17, 15) is 14.4 Å². The van der Waals surface area contributed by atoms with Crippen LogP contribution in [-0.4, -0.2) is 18.1 Å². The fourth-order valence-electron chi connectivity index (χ4n) is 3.39. The molecule has 0 saturated carbocycles. The molecule has 7 nitrogen and oxygen atoms in total. The first-order valence-corrected chi connectivity index (χ1v) is 10.7. The number of ether oxygens (including phenoxy) is 2. The average Bonchev–Trinajstić information content (AvgIpc) is 2.77. The van der Waals surface area contributed by atoms with Gasteiger partial charge in [-0.05, 0) is 42.5 Å². The van der Waals surface area contributed by atoms with E-state index in [0.717, 1.165) is 22.1 Å². The zero-order valence-electron chi connectivity index (χ0n) is 18.5. The predicted molar refractivity (Wildman–Crippen MR) is 121 cm³/mol. The number of nitrogens with one attached hydrogen (secondary N) is 1. The maximum atomic E-state index is 12.9. The van der Waals surface area contributed by atoms with Crippen LogP contribution in [0.5, 0.6) is 5.75 Å². The fourth-order valence-corrected chi connectivity index (χ4v) is 3.39. The summed E-state index contributed by atoms with van der Waals surface area (Å²) in [6, 6.07) is 13.2. The van der Waals surface area contributed by atoms with Gasteiger partial charge in [0.1, 0.15) is 24.0 Å². The quantitative estimate of drug-likeness (QED) is 0.313. The minimum absolute atomic E-state index is 0.101. The molecule has 0 spiro atoms. The van der Waals surface area contributed by atoms with Crippen LogP contribution in [0.3, 0.4) is 0 Å². The lowest BCUT2D eigenvalue weighted by Gasteiger charge is -2.18. The Hall–Kier alpha value is -3.61. The van der Waals surface area contributed by atoms with E-state index in [1.54, 1.807) is 6.07 Å². The summed E-state index contributed by atoms with van der Waals surface area (Å²) in [6.07, 6.45) is 0.968. The van der Waals surface area contributed by atoms with Crippen molar-refractivity contribution >= 4 is 23.0 Å². The van der Waals surface area contributed by atoms with Crippen molar-refractivity contribution in [2.75, 3.05) is 0 Å². The normalized spacial score (nSPS) is 11.7. The van der Waals surface area contributed by atoms with E-state index in [4.69, 9.17) is 13.9 Å². The fraction of sp³-hybridized carbons (Fsp3) is 0.320. The molecule has 1 N–H and O–H groups in total. The van der Waals surface area contributed by atoms with E-state index < -0.39 is 23.7 Å². The van der Waals surface area contributed by atoms with E-state index >= 15 is 0 Å². The van der Waals surface area contributed by atoms with Gasteiger partial charge in [-0.25, -0.2) is 14.4 Å². The van der Waals surface area contributed by atoms with Gasteiger partial charge in [0.15, 0.2) is 0 Å². The molecule has 2 aromatic carbocycles. The van der Waals surface area contributed by atoms with Gasteiger partial charge in [0.05, 0.1) is 0 Å². The van der Waals surface area contributed by atoms with Crippen molar-refractivity contribution in [3.63, 3.8) is 0 Å².